The monoisotopic (exact) mass is 401 g/mol. The second-order valence-electron chi connectivity index (χ2n) is 7.90. The average Bonchev–Trinajstić information content (AvgIpc) is 2.50. The predicted octanol–water partition coefficient (Wildman–Crippen LogP) is 2.24. The number of aliphatic hydroxyl groups excluding tert-OH is 1. The van der Waals surface area contributed by atoms with E-state index >= 15 is 0 Å². The zero-order chi connectivity index (χ0) is 19.2. The molecule has 2 unspecified atom stereocenters. The summed E-state index contributed by atoms with van der Waals surface area (Å²) in [5.74, 6) is 0.0750. The molecule has 6 nitrogen and oxygen atoms in total. The van der Waals surface area contributed by atoms with E-state index in [4.69, 9.17) is 0 Å². The molecule has 1 spiro atoms. The summed E-state index contributed by atoms with van der Waals surface area (Å²) in [6.45, 7) is 0.476. The van der Waals surface area contributed by atoms with Crippen molar-refractivity contribution in [3.8, 4) is 0 Å². The van der Waals surface area contributed by atoms with Gasteiger partial charge in [0.1, 0.15) is 0 Å². The molecule has 2 aliphatic rings. The van der Waals surface area contributed by atoms with E-state index in [1.807, 2.05) is 0 Å². The van der Waals surface area contributed by atoms with E-state index in [2.05, 4.69) is 5.32 Å². The van der Waals surface area contributed by atoms with Gasteiger partial charge in [-0.2, -0.15) is 0 Å². The molecule has 146 valence electrons. The summed E-state index contributed by atoms with van der Waals surface area (Å²) in [6.07, 6.45) is 8.13. The maximum absolute atomic E-state index is 12.1. The van der Waals surface area contributed by atoms with Gasteiger partial charge in [0.15, 0.2) is 19.7 Å². The molecule has 1 aromatic rings. The predicted molar refractivity (Wildman–Crippen MR) is 101 cm³/mol. The number of aliphatic hydroxyl groups is 1. The highest BCUT2D eigenvalue weighted by Gasteiger charge is 2.48. The third-order valence-corrected chi connectivity index (χ3v) is 8.26. The molecule has 2 N–H and O–H groups in total. The van der Waals surface area contributed by atoms with Crippen LogP contribution in [0.25, 0.3) is 0 Å². The molecular weight excluding hydrogens is 374 g/mol. The Kier molecular flexibility index (Phi) is 5.13. The van der Waals surface area contributed by atoms with Crippen molar-refractivity contribution in [2.75, 3.05) is 24.4 Å². The van der Waals surface area contributed by atoms with Crippen molar-refractivity contribution in [1.82, 2.24) is 0 Å². The Morgan fingerprint density at radius 2 is 1.73 bits per heavy atom. The summed E-state index contributed by atoms with van der Waals surface area (Å²) in [5.41, 5.74) is 0.449. The van der Waals surface area contributed by atoms with Gasteiger partial charge in [-0.3, -0.25) is 0 Å². The topological polar surface area (TPSA) is 101 Å². The van der Waals surface area contributed by atoms with E-state index in [1.165, 1.54) is 24.6 Å². The lowest BCUT2D eigenvalue weighted by Gasteiger charge is -2.51. The van der Waals surface area contributed by atoms with Crippen LogP contribution < -0.4 is 5.32 Å². The smallest absolute Gasteiger partial charge is 0.177 e. The number of anilines is 1. The van der Waals surface area contributed by atoms with Crippen LogP contribution in [0.15, 0.2) is 28.0 Å². The lowest BCUT2D eigenvalue weighted by Crippen LogP contribution is -2.49. The highest BCUT2D eigenvalue weighted by Crippen LogP contribution is 2.53. The number of rotatable bonds is 5. The SMILES string of the molecule is CS(=O)(=O)c1ccc(NCC2CCCC3(CCC3)C2O)c(S(C)(=O)=O)c1. The van der Waals surface area contributed by atoms with E-state index in [0.717, 1.165) is 44.6 Å². The Hall–Kier alpha value is -1.12. The molecular formula is C18H27NO5S2. The molecule has 8 heteroatoms. The first-order valence-electron chi connectivity index (χ1n) is 8.99. The fraction of sp³-hybridized carbons (Fsp3) is 0.667. The number of hydrogen-bond donors (Lipinski definition) is 2. The minimum absolute atomic E-state index is 0.0189. The van der Waals surface area contributed by atoms with E-state index in [0.29, 0.717) is 12.2 Å². The molecule has 0 aliphatic heterocycles. The normalized spacial score (nSPS) is 25.7. The molecule has 0 amide bonds. The molecule has 0 radical (unpaired) electrons. The summed E-state index contributed by atoms with van der Waals surface area (Å²) in [7, 11) is -7.08. The molecule has 2 saturated carbocycles. The van der Waals surface area contributed by atoms with Gasteiger partial charge in [0.25, 0.3) is 0 Å². The van der Waals surface area contributed by atoms with Gasteiger partial charge < -0.3 is 10.4 Å². The lowest BCUT2D eigenvalue weighted by molar-refractivity contribution is -0.0947. The summed E-state index contributed by atoms with van der Waals surface area (Å²) < 4.78 is 47.7. The van der Waals surface area contributed by atoms with Crippen molar-refractivity contribution < 1.29 is 21.9 Å². The van der Waals surface area contributed by atoms with Gasteiger partial charge in [-0.25, -0.2) is 16.8 Å². The van der Waals surface area contributed by atoms with Gasteiger partial charge >= 0.3 is 0 Å². The minimum atomic E-state index is -3.59. The molecule has 26 heavy (non-hydrogen) atoms. The second-order valence-corrected chi connectivity index (χ2v) is 11.9. The zero-order valence-corrected chi connectivity index (χ0v) is 16.9. The number of nitrogens with one attached hydrogen (secondary N) is 1. The standard InChI is InChI=1S/C18H27NO5S2/c1-25(21,22)14-6-7-15(16(11-14)26(2,23)24)19-12-13-5-3-8-18(17(13)20)9-4-10-18/h6-7,11,13,17,19-20H,3-5,8-10,12H2,1-2H3. The molecule has 2 fully saturated rings. The van der Waals surface area contributed by atoms with Crippen LogP contribution in [-0.2, 0) is 19.7 Å². The van der Waals surface area contributed by atoms with Gasteiger partial charge in [0.2, 0.25) is 0 Å². The van der Waals surface area contributed by atoms with Crippen molar-refractivity contribution >= 4 is 25.4 Å². The zero-order valence-electron chi connectivity index (χ0n) is 15.2. The molecule has 2 aliphatic carbocycles. The number of benzene rings is 1. The van der Waals surface area contributed by atoms with Crippen LogP contribution in [0.1, 0.15) is 38.5 Å². The molecule has 1 aromatic carbocycles. The van der Waals surface area contributed by atoms with Crippen LogP contribution in [0.3, 0.4) is 0 Å². The van der Waals surface area contributed by atoms with Gasteiger partial charge in [-0.1, -0.05) is 12.8 Å². The van der Waals surface area contributed by atoms with Crippen LogP contribution >= 0.6 is 0 Å². The first kappa shape index (κ1) is 19.6. The maximum atomic E-state index is 12.1. The minimum Gasteiger partial charge on any atom is -0.392 e. The van der Waals surface area contributed by atoms with Crippen molar-refractivity contribution in [3.63, 3.8) is 0 Å². The Balaban J connectivity index is 1.81. The summed E-state index contributed by atoms with van der Waals surface area (Å²) in [6, 6.07) is 4.12. The molecule has 0 heterocycles. The van der Waals surface area contributed by atoms with E-state index in [-0.39, 0.29) is 27.2 Å². The molecule has 0 aromatic heterocycles. The van der Waals surface area contributed by atoms with Gasteiger partial charge in [0, 0.05) is 25.0 Å². The van der Waals surface area contributed by atoms with Crippen LogP contribution in [0.2, 0.25) is 0 Å². The van der Waals surface area contributed by atoms with Crippen LogP contribution in [0, 0.1) is 11.3 Å². The lowest BCUT2D eigenvalue weighted by atomic mass is 9.56. The van der Waals surface area contributed by atoms with Gasteiger partial charge in [-0.05, 0) is 49.3 Å². The first-order chi connectivity index (χ1) is 12.0. The Morgan fingerprint density at radius 3 is 2.27 bits per heavy atom. The van der Waals surface area contributed by atoms with E-state index in [1.54, 1.807) is 0 Å². The number of hydrogen-bond acceptors (Lipinski definition) is 6. The third kappa shape index (κ3) is 3.77. The van der Waals surface area contributed by atoms with Crippen molar-refractivity contribution in [3.05, 3.63) is 18.2 Å². The largest absolute Gasteiger partial charge is 0.392 e. The van der Waals surface area contributed by atoms with Crippen molar-refractivity contribution in [2.24, 2.45) is 11.3 Å². The number of sulfone groups is 2. The van der Waals surface area contributed by atoms with E-state index < -0.39 is 19.7 Å². The third-order valence-electron chi connectivity index (χ3n) is 6.01. The fourth-order valence-electron chi connectivity index (χ4n) is 4.34. The first-order valence-corrected chi connectivity index (χ1v) is 12.8. The van der Waals surface area contributed by atoms with Gasteiger partial charge in [-0.15, -0.1) is 0 Å². The second kappa shape index (κ2) is 6.80. The quantitative estimate of drug-likeness (QED) is 0.785. The Labute approximate surface area is 155 Å². The van der Waals surface area contributed by atoms with Gasteiger partial charge in [0.05, 0.1) is 21.6 Å². The highest BCUT2D eigenvalue weighted by atomic mass is 32.2. The summed E-state index contributed by atoms with van der Waals surface area (Å²) in [5, 5.41) is 13.9. The van der Waals surface area contributed by atoms with E-state index in [9.17, 15) is 21.9 Å². The average molecular weight is 402 g/mol. The summed E-state index contributed by atoms with van der Waals surface area (Å²) in [4.78, 5) is -0.0429. The summed E-state index contributed by atoms with van der Waals surface area (Å²) >= 11 is 0. The van der Waals surface area contributed by atoms with Crippen molar-refractivity contribution in [1.29, 1.82) is 0 Å². The molecule has 0 saturated heterocycles. The molecule has 2 atom stereocenters. The van der Waals surface area contributed by atoms with Crippen LogP contribution in [0.4, 0.5) is 5.69 Å². The Morgan fingerprint density at radius 1 is 1.08 bits per heavy atom. The molecule has 0 bridgehead atoms. The molecule has 3 rings (SSSR count). The fourth-order valence-corrected chi connectivity index (χ4v) is 5.94. The highest BCUT2D eigenvalue weighted by molar-refractivity contribution is 7.91. The van der Waals surface area contributed by atoms with Crippen molar-refractivity contribution in [2.45, 2.75) is 54.4 Å². The maximum Gasteiger partial charge on any atom is 0.177 e. The van der Waals surface area contributed by atoms with Crippen LogP contribution in [-0.4, -0.2) is 47.1 Å². The van der Waals surface area contributed by atoms with Crippen LogP contribution in [0.5, 0.6) is 0 Å². The Bertz CT molecular complexity index is 888.